The summed E-state index contributed by atoms with van der Waals surface area (Å²) in [6, 6.07) is 13.9. The van der Waals surface area contributed by atoms with E-state index in [0.717, 1.165) is 0 Å². The smallest absolute Gasteiger partial charge is 0.345 e. The number of hydrogen-bond acceptors (Lipinski definition) is 6. The van der Waals surface area contributed by atoms with Crippen molar-refractivity contribution in [2.75, 3.05) is 11.9 Å². The summed E-state index contributed by atoms with van der Waals surface area (Å²) in [6.45, 7) is 1.95. The van der Waals surface area contributed by atoms with Crippen LogP contribution in [-0.4, -0.2) is 22.7 Å². The number of rotatable bonds is 5. The van der Waals surface area contributed by atoms with Crippen LogP contribution in [0.25, 0.3) is 16.7 Å². The number of hydrogen-bond donors (Lipinski definition) is 2. The number of para-hydroxylation sites is 4. The minimum absolute atomic E-state index is 0.0644. The van der Waals surface area contributed by atoms with Crippen molar-refractivity contribution in [1.29, 1.82) is 0 Å². The van der Waals surface area contributed by atoms with Crippen LogP contribution in [0.4, 0.5) is 5.69 Å². The molecule has 0 radical (unpaired) electrons. The van der Waals surface area contributed by atoms with E-state index >= 15 is 0 Å². The van der Waals surface area contributed by atoms with E-state index in [1.807, 2.05) is 12.1 Å². The largest absolute Gasteiger partial charge is 0.506 e. The van der Waals surface area contributed by atoms with E-state index in [1.54, 1.807) is 43.3 Å². The maximum Gasteiger partial charge on any atom is 0.345 e. The molecule has 0 unspecified atom stereocenters. The summed E-state index contributed by atoms with van der Waals surface area (Å²) in [4.78, 5) is 16.5. The first-order valence-electron chi connectivity index (χ1n) is 7.47. The van der Waals surface area contributed by atoms with Crippen LogP contribution in [0, 0.1) is 0 Å². The first-order chi connectivity index (χ1) is 11.7. The lowest BCUT2D eigenvalue weighted by Gasteiger charge is -2.06. The summed E-state index contributed by atoms with van der Waals surface area (Å²) in [6.07, 6.45) is 1.41. The van der Waals surface area contributed by atoms with Gasteiger partial charge in [0, 0.05) is 6.20 Å². The Morgan fingerprint density at radius 3 is 2.75 bits per heavy atom. The molecule has 0 aliphatic rings. The summed E-state index contributed by atoms with van der Waals surface area (Å²) >= 11 is 0. The normalized spacial score (nSPS) is 11.5. The second-order valence-corrected chi connectivity index (χ2v) is 4.93. The van der Waals surface area contributed by atoms with Gasteiger partial charge in [-0.25, -0.2) is 9.78 Å². The molecule has 2 N–H and O–H groups in total. The van der Waals surface area contributed by atoms with Gasteiger partial charge in [0.25, 0.3) is 0 Å². The van der Waals surface area contributed by atoms with Crippen LogP contribution >= 0.6 is 0 Å². The highest BCUT2D eigenvalue weighted by Gasteiger charge is 2.19. The molecule has 0 saturated carbocycles. The number of esters is 1. The van der Waals surface area contributed by atoms with Gasteiger partial charge >= 0.3 is 5.97 Å². The Balaban J connectivity index is 1.98. The third-order valence-corrected chi connectivity index (χ3v) is 3.30. The van der Waals surface area contributed by atoms with Crippen molar-refractivity contribution in [2.24, 2.45) is 0 Å². The number of ether oxygens (including phenoxy) is 1. The van der Waals surface area contributed by atoms with Crippen molar-refractivity contribution in [3.8, 4) is 5.75 Å². The number of carbonyl (C=O) groups excluding carboxylic acids is 1. The van der Waals surface area contributed by atoms with Gasteiger partial charge in [-0.2, -0.15) is 0 Å². The number of oxazole rings is 1. The van der Waals surface area contributed by atoms with Gasteiger partial charge in [-0.1, -0.05) is 24.3 Å². The number of aromatic hydroxyl groups is 1. The van der Waals surface area contributed by atoms with Gasteiger partial charge in [-0.15, -0.1) is 0 Å². The minimum Gasteiger partial charge on any atom is -0.506 e. The molecule has 3 aromatic rings. The van der Waals surface area contributed by atoms with Gasteiger partial charge in [0.1, 0.15) is 16.8 Å². The standard InChI is InChI=1S/C18H16N2O4/c1-2-23-18(22)12(11-19-13-7-3-5-9-15(13)21)17-20-14-8-4-6-10-16(14)24-17/h3-11,19,21H,2H2,1H3/b12-11+. The van der Waals surface area contributed by atoms with Crippen LogP contribution in [0.5, 0.6) is 5.75 Å². The van der Waals surface area contributed by atoms with Crippen LogP contribution in [0.1, 0.15) is 12.8 Å². The molecule has 1 heterocycles. The SMILES string of the molecule is CCOC(=O)/C(=C/Nc1ccccc1O)c1nc2ccccc2o1. The maximum atomic E-state index is 12.2. The van der Waals surface area contributed by atoms with E-state index in [0.29, 0.717) is 16.8 Å². The van der Waals surface area contributed by atoms with E-state index in [-0.39, 0.29) is 23.8 Å². The maximum absolute atomic E-state index is 12.2. The zero-order chi connectivity index (χ0) is 16.9. The Morgan fingerprint density at radius 1 is 1.25 bits per heavy atom. The first kappa shape index (κ1) is 15.6. The second kappa shape index (κ2) is 6.87. The fraction of sp³-hybridized carbons (Fsp3) is 0.111. The molecule has 24 heavy (non-hydrogen) atoms. The van der Waals surface area contributed by atoms with Crippen LogP contribution in [0.3, 0.4) is 0 Å². The average Bonchev–Trinajstić information content (AvgIpc) is 3.00. The predicted octanol–water partition coefficient (Wildman–Crippen LogP) is 3.55. The lowest BCUT2D eigenvalue weighted by molar-refractivity contribution is -0.136. The quantitative estimate of drug-likeness (QED) is 0.424. The van der Waals surface area contributed by atoms with Gasteiger partial charge in [-0.05, 0) is 31.2 Å². The number of nitrogens with zero attached hydrogens (tertiary/aromatic N) is 1. The van der Waals surface area contributed by atoms with Gasteiger partial charge in [0.2, 0.25) is 5.89 Å². The number of anilines is 1. The molecule has 0 fully saturated rings. The Bertz CT molecular complexity index is 866. The van der Waals surface area contributed by atoms with Crippen molar-refractivity contribution in [1.82, 2.24) is 4.98 Å². The molecule has 122 valence electrons. The third kappa shape index (κ3) is 3.22. The van der Waals surface area contributed by atoms with Crippen molar-refractivity contribution >= 4 is 28.3 Å². The molecule has 1 aromatic heterocycles. The summed E-state index contributed by atoms with van der Waals surface area (Å²) in [5.41, 5.74) is 1.81. The van der Waals surface area contributed by atoms with Gasteiger partial charge in [0.15, 0.2) is 5.58 Å². The highest BCUT2D eigenvalue weighted by molar-refractivity contribution is 6.15. The molecule has 2 aromatic carbocycles. The summed E-state index contributed by atoms with van der Waals surface area (Å²) in [5.74, 6) is -0.348. The summed E-state index contributed by atoms with van der Waals surface area (Å²) in [5, 5.41) is 12.7. The zero-order valence-corrected chi connectivity index (χ0v) is 13.0. The molecule has 0 aliphatic carbocycles. The Hall–Kier alpha value is -3.28. The van der Waals surface area contributed by atoms with E-state index in [9.17, 15) is 9.90 Å². The Kier molecular flexibility index (Phi) is 4.47. The van der Waals surface area contributed by atoms with Crippen LogP contribution in [0.15, 0.2) is 59.1 Å². The number of phenols is 1. The van der Waals surface area contributed by atoms with Gasteiger partial charge < -0.3 is 19.6 Å². The molecule has 0 saturated heterocycles. The number of benzene rings is 2. The minimum atomic E-state index is -0.563. The fourth-order valence-corrected chi connectivity index (χ4v) is 2.15. The van der Waals surface area contributed by atoms with Gasteiger partial charge in [0.05, 0.1) is 12.3 Å². The number of aromatic nitrogens is 1. The Labute approximate surface area is 138 Å². The van der Waals surface area contributed by atoms with Crippen molar-refractivity contribution in [3.63, 3.8) is 0 Å². The molecule has 6 heteroatoms. The molecule has 0 amide bonds. The molecule has 6 nitrogen and oxygen atoms in total. The molecular formula is C18H16N2O4. The molecule has 0 bridgehead atoms. The van der Waals surface area contributed by atoms with E-state index in [1.165, 1.54) is 6.20 Å². The highest BCUT2D eigenvalue weighted by atomic mass is 16.5. The summed E-state index contributed by atoms with van der Waals surface area (Å²) < 4.78 is 10.7. The zero-order valence-electron chi connectivity index (χ0n) is 13.0. The molecular weight excluding hydrogens is 308 g/mol. The fourth-order valence-electron chi connectivity index (χ4n) is 2.15. The van der Waals surface area contributed by atoms with Crippen LogP contribution < -0.4 is 5.32 Å². The molecule has 0 aliphatic heterocycles. The van der Waals surface area contributed by atoms with Crippen LogP contribution in [0.2, 0.25) is 0 Å². The highest BCUT2D eigenvalue weighted by Crippen LogP contribution is 2.25. The number of phenolic OH excluding ortho intramolecular Hbond substituents is 1. The van der Waals surface area contributed by atoms with E-state index in [4.69, 9.17) is 9.15 Å². The monoisotopic (exact) mass is 324 g/mol. The first-order valence-corrected chi connectivity index (χ1v) is 7.47. The van der Waals surface area contributed by atoms with Crippen molar-refractivity contribution in [2.45, 2.75) is 6.92 Å². The molecule has 3 rings (SSSR count). The molecule has 0 spiro atoms. The third-order valence-electron chi connectivity index (χ3n) is 3.30. The lowest BCUT2D eigenvalue weighted by atomic mass is 10.2. The number of fused-ring (bicyclic) bond motifs is 1. The van der Waals surface area contributed by atoms with E-state index < -0.39 is 5.97 Å². The molecule has 0 atom stereocenters. The topological polar surface area (TPSA) is 84.6 Å². The van der Waals surface area contributed by atoms with Crippen LogP contribution in [-0.2, 0) is 9.53 Å². The second-order valence-electron chi connectivity index (χ2n) is 4.93. The van der Waals surface area contributed by atoms with E-state index in [2.05, 4.69) is 10.3 Å². The van der Waals surface area contributed by atoms with Gasteiger partial charge in [-0.3, -0.25) is 0 Å². The predicted molar refractivity (Wildman–Crippen MR) is 90.3 cm³/mol. The number of carbonyl (C=O) groups is 1. The lowest BCUT2D eigenvalue weighted by Crippen LogP contribution is -2.09. The average molecular weight is 324 g/mol. The summed E-state index contributed by atoms with van der Waals surface area (Å²) in [7, 11) is 0. The van der Waals surface area contributed by atoms with Crippen molar-refractivity contribution < 1.29 is 19.1 Å². The van der Waals surface area contributed by atoms with Crippen molar-refractivity contribution in [3.05, 3.63) is 60.6 Å². The number of nitrogens with one attached hydrogen (secondary N) is 1. The Morgan fingerprint density at radius 2 is 2.00 bits per heavy atom.